The maximum atomic E-state index is 13.2. The normalized spacial score (nSPS) is 11.2. The molecule has 11 heteroatoms. The number of nitrogens with zero attached hydrogens (tertiary/aromatic N) is 5. The average Bonchev–Trinajstić information content (AvgIpc) is 3.39. The minimum atomic E-state index is -3.98. The van der Waals surface area contributed by atoms with Crippen molar-refractivity contribution in [1.29, 1.82) is 0 Å². The maximum absolute atomic E-state index is 13.2. The van der Waals surface area contributed by atoms with E-state index in [1.165, 1.54) is 22.8 Å². The van der Waals surface area contributed by atoms with E-state index in [1.807, 2.05) is 24.3 Å². The summed E-state index contributed by atoms with van der Waals surface area (Å²) in [6.07, 6.45) is 3.03. The van der Waals surface area contributed by atoms with Gasteiger partial charge < -0.3 is 5.32 Å². The third-order valence-electron chi connectivity index (χ3n) is 5.19. The third kappa shape index (κ3) is 4.74. The second-order valence-corrected chi connectivity index (χ2v) is 9.16. The van der Waals surface area contributed by atoms with Crippen LogP contribution < -0.4 is 9.62 Å². The van der Waals surface area contributed by atoms with E-state index in [0.29, 0.717) is 12.2 Å². The minimum absolute atomic E-state index is 0.146. The number of nitrogens with one attached hydrogen (secondary N) is 1. The summed E-state index contributed by atoms with van der Waals surface area (Å²) in [5.74, 6) is 0. The highest BCUT2D eigenvalue weighted by molar-refractivity contribution is 7.92. The predicted octanol–water partition coefficient (Wildman–Crippen LogP) is 4.00. The Balaban J connectivity index is 1.56. The molecule has 4 rings (SSSR count). The Morgan fingerprint density at radius 1 is 1.06 bits per heavy atom. The summed E-state index contributed by atoms with van der Waals surface area (Å²) in [6, 6.07) is 20.0. The molecule has 0 unspecified atom stereocenters. The molecule has 0 aliphatic rings. The van der Waals surface area contributed by atoms with Crippen molar-refractivity contribution in [1.82, 2.24) is 14.8 Å². The van der Waals surface area contributed by atoms with Crippen molar-refractivity contribution < 1.29 is 13.3 Å². The molecule has 1 N–H and O–H groups in total. The quantitative estimate of drug-likeness (QED) is 0.285. The molecule has 0 aliphatic carbocycles. The van der Waals surface area contributed by atoms with Crippen molar-refractivity contribution in [2.24, 2.45) is 0 Å². The van der Waals surface area contributed by atoms with E-state index in [2.05, 4.69) is 15.4 Å². The summed E-state index contributed by atoms with van der Waals surface area (Å²) in [6.45, 7) is 2.21. The van der Waals surface area contributed by atoms with Crippen molar-refractivity contribution in [2.75, 3.05) is 16.2 Å². The molecule has 1 aromatic heterocycles. The van der Waals surface area contributed by atoms with Gasteiger partial charge in [0.2, 0.25) is 0 Å². The zero-order valence-corrected chi connectivity index (χ0v) is 19.1. The van der Waals surface area contributed by atoms with Crippen molar-refractivity contribution in [2.45, 2.75) is 18.4 Å². The Kier molecular flexibility index (Phi) is 6.55. The zero-order chi connectivity index (χ0) is 24.1. The first-order valence-electron chi connectivity index (χ1n) is 10.4. The molecule has 0 fully saturated rings. The molecule has 10 nitrogen and oxygen atoms in total. The van der Waals surface area contributed by atoms with Crippen molar-refractivity contribution in [3.8, 4) is 5.69 Å². The fourth-order valence-corrected chi connectivity index (χ4v) is 4.98. The van der Waals surface area contributed by atoms with Gasteiger partial charge in [0.15, 0.2) is 0 Å². The van der Waals surface area contributed by atoms with Gasteiger partial charge in [-0.05, 0) is 48.9 Å². The Labute approximate surface area is 196 Å². The second-order valence-electron chi connectivity index (χ2n) is 7.30. The summed E-state index contributed by atoms with van der Waals surface area (Å²) in [5.41, 5.74) is 2.12. The number of hydrogen-bond donors (Lipinski definition) is 1. The van der Waals surface area contributed by atoms with Crippen LogP contribution in [0.25, 0.3) is 5.69 Å². The topological polar surface area (TPSA) is 123 Å². The molecule has 0 spiro atoms. The lowest BCUT2D eigenvalue weighted by molar-refractivity contribution is -0.384. The summed E-state index contributed by atoms with van der Waals surface area (Å²) in [7, 11) is -3.98. The summed E-state index contributed by atoms with van der Waals surface area (Å²) in [5, 5.41) is 18.8. The van der Waals surface area contributed by atoms with Gasteiger partial charge in [-0.15, -0.1) is 0 Å². The number of nitro groups is 1. The fraction of sp³-hybridized carbons (Fsp3) is 0.130. The van der Waals surface area contributed by atoms with Gasteiger partial charge in [0.1, 0.15) is 18.3 Å². The second kappa shape index (κ2) is 9.71. The van der Waals surface area contributed by atoms with Crippen LogP contribution >= 0.6 is 0 Å². The highest BCUT2D eigenvalue weighted by atomic mass is 32.2. The monoisotopic (exact) mass is 478 g/mol. The van der Waals surface area contributed by atoms with Crippen molar-refractivity contribution >= 4 is 27.1 Å². The fourth-order valence-electron chi connectivity index (χ4n) is 3.49. The van der Waals surface area contributed by atoms with Crippen LogP contribution in [0, 0.1) is 10.1 Å². The number of hydrogen-bond acceptors (Lipinski definition) is 7. The van der Waals surface area contributed by atoms with Gasteiger partial charge in [-0.1, -0.05) is 30.3 Å². The summed E-state index contributed by atoms with van der Waals surface area (Å²) < 4.78 is 29.3. The van der Waals surface area contributed by atoms with E-state index in [0.717, 1.165) is 17.3 Å². The van der Waals surface area contributed by atoms with E-state index < -0.39 is 14.9 Å². The number of anilines is 2. The molecule has 34 heavy (non-hydrogen) atoms. The molecule has 0 aliphatic heterocycles. The lowest BCUT2D eigenvalue weighted by Crippen LogP contribution is -2.30. The van der Waals surface area contributed by atoms with E-state index in [4.69, 9.17) is 0 Å². The zero-order valence-electron chi connectivity index (χ0n) is 18.3. The molecule has 0 bridgehead atoms. The molecule has 0 saturated carbocycles. The van der Waals surface area contributed by atoms with Crippen molar-refractivity contribution in [3.63, 3.8) is 0 Å². The van der Waals surface area contributed by atoms with Crippen LogP contribution in [-0.2, 0) is 16.6 Å². The smallest absolute Gasteiger partial charge is 0.293 e. The molecule has 4 aromatic rings. The standard InChI is InChI=1S/C23H22N6O4S/c1-2-28(20-6-4-3-5-7-20)34(32,33)21-12-13-22(23(14-21)29(30)31)25-15-18-8-10-19(11-9-18)27-17-24-16-26-27/h3-14,16-17,25H,2,15H2,1H3. The Hall–Kier alpha value is -4.25. The summed E-state index contributed by atoms with van der Waals surface area (Å²) >= 11 is 0. The van der Waals surface area contributed by atoms with Gasteiger partial charge >= 0.3 is 0 Å². The van der Waals surface area contributed by atoms with Gasteiger partial charge in [-0.2, -0.15) is 5.10 Å². The average molecular weight is 479 g/mol. The maximum Gasteiger partial charge on any atom is 0.293 e. The minimum Gasteiger partial charge on any atom is -0.375 e. The third-order valence-corrected chi connectivity index (χ3v) is 7.09. The first kappa shape index (κ1) is 22.9. The van der Waals surface area contributed by atoms with Crippen LogP contribution in [0.1, 0.15) is 12.5 Å². The van der Waals surface area contributed by atoms with Crippen molar-refractivity contribution in [3.05, 3.63) is 101 Å². The number of para-hydroxylation sites is 1. The Bertz CT molecular complexity index is 1380. The molecular formula is C23H22N6O4S. The van der Waals surface area contributed by atoms with Crippen LogP contribution in [0.15, 0.2) is 90.3 Å². The largest absolute Gasteiger partial charge is 0.375 e. The van der Waals surface area contributed by atoms with Crippen LogP contribution in [0.2, 0.25) is 0 Å². The van der Waals surface area contributed by atoms with Gasteiger partial charge in [0.25, 0.3) is 15.7 Å². The highest BCUT2D eigenvalue weighted by Crippen LogP contribution is 2.31. The SMILES string of the molecule is CCN(c1ccccc1)S(=O)(=O)c1ccc(NCc2ccc(-n3cncn3)cc2)c([N+](=O)[O-])c1. The molecule has 3 aromatic carbocycles. The molecule has 0 saturated heterocycles. The van der Waals surface area contributed by atoms with Gasteiger partial charge in [0, 0.05) is 19.2 Å². The van der Waals surface area contributed by atoms with Crippen LogP contribution in [0.3, 0.4) is 0 Å². The number of nitro benzene ring substituents is 1. The number of rotatable bonds is 9. The van der Waals surface area contributed by atoms with Gasteiger partial charge in [-0.25, -0.2) is 18.1 Å². The van der Waals surface area contributed by atoms with E-state index in [-0.39, 0.29) is 22.8 Å². The van der Waals surface area contributed by atoms with E-state index in [1.54, 1.807) is 48.3 Å². The molecular weight excluding hydrogens is 456 g/mol. The molecule has 174 valence electrons. The lowest BCUT2D eigenvalue weighted by atomic mass is 10.2. The van der Waals surface area contributed by atoms with E-state index >= 15 is 0 Å². The Morgan fingerprint density at radius 3 is 2.41 bits per heavy atom. The van der Waals surface area contributed by atoms with Crippen LogP contribution in [-0.4, -0.2) is 34.7 Å². The van der Waals surface area contributed by atoms with Crippen LogP contribution in [0.5, 0.6) is 0 Å². The molecule has 1 heterocycles. The Morgan fingerprint density at radius 2 is 1.79 bits per heavy atom. The highest BCUT2D eigenvalue weighted by Gasteiger charge is 2.27. The van der Waals surface area contributed by atoms with E-state index in [9.17, 15) is 18.5 Å². The van der Waals surface area contributed by atoms with Crippen LogP contribution in [0.4, 0.5) is 17.1 Å². The molecule has 0 amide bonds. The summed E-state index contributed by atoms with van der Waals surface area (Å²) in [4.78, 5) is 14.9. The van der Waals surface area contributed by atoms with Gasteiger partial charge in [-0.3, -0.25) is 14.4 Å². The number of sulfonamides is 1. The predicted molar refractivity (Wildman–Crippen MR) is 128 cm³/mol. The molecule has 0 atom stereocenters. The first-order valence-corrected chi connectivity index (χ1v) is 11.9. The first-order chi connectivity index (χ1) is 16.4. The number of aromatic nitrogens is 3. The lowest BCUT2D eigenvalue weighted by Gasteiger charge is -2.23. The molecule has 0 radical (unpaired) electrons. The number of benzene rings is 3. The van der Waals surface area contributed by atoms with Gasteiger partial charge in [0.05, 0.1) is 21.2 Å².